The molecule has 0 atom stereocenters. The summed E-state index contributed by atoms with van der Waals surface area (Å²) in [6.07, 6.45) is 1.99. The lowest BCUT2D eigenvalue weighted by Gasteiger charge is -2.07. The lowest BCUT2D eigenvalue weighted by molar-refractivity contribution is -0.115. The molecule has 0 unspecified atom stereocenters. The Morgan fingerprint density at radius 3 is 2.59 bits per heavy atom. The van der Waals surface area contributed by atoms with Gasteiger partial charge in [0.2, 0.25) is 0 Å². The predicted molar refractivity (Wildman–Crippen MR) is 66.8 cm³/mol. The maximum Gasteiger partial charge on any atom is 0.163 e. The highest BCUT2D eigenvalue weighted by Crippen LogP contribution is 2.23. The number of allylic oxidation sites excluding steroid dienone is 2. The van der Waals surface area contributed by atoms with Gasteiger partial charge in [-0.1, -0.05) is 13.0 Å². The van der Waals surface area contributed by atoms with Crippen molar-refractivity contribution in [1.82, 2.24) is 0 Å². The molecule has 1 nitrogen and oxygen atoms in total. The Hall–Kier alpha value is -1.03. The highest BCUT2D eigenvalue weighted by atomic mass is 79.9. The number of benzene rings is 1. The van der Waals surface area contributed by atoms with Gasteiger partial charge in [-0.2, -0.15) is 0 Å². The zero-order chi connectivity index (χ0) is 13.0. The minimum absolute atomic E-state index is 0.167. The van der Waals surface area contributed by atoms with Gasteiger partial charge in [-0.05, 0) is 47.0 Å². The third kappa shape index (κ3) is 3.22. The van der Waals surface area contributed by atoms with Gasteiger partial charge in [-0.25, -0.2) is 8.78 Å². The summed E-state index contributed by atoms with van der Waals surface area (Å²) >= 11 is 2.97. The van der Waals surface area contributed by atoms with Crippen LogP contribution in [0.4, 0.5) is 8.78 Å². The molecule has 0 aromatic heterocycles. The van der Waals surface area contributed by atoms with Gasteiger partial charge in [0.25, 0.3) is 0 Å². The Morgan fingerprint density at radius 2 is 2.06 bits per heavy atom. The molecule has 4 heteroatoms. The number of carbonyl (C=O) groups is 1. The van der Waals surface area contributed by atoms with Crippen LogP contribution in [-0.4, -0.2) is 5.78 Å². The van der Waals surface area contributed by atoms with Crippen LogP contribution in [0.3, 0.4) is 0 Å². The summed E-state index contributed by atoms with van der Waals surface area (Å²) in [5.74, 6) is -1.64. The first-order chi connectivity index (χ1) is 8.01. The van der Waals surface area contributed by atoms with E-state index in [0.29, 0.717) is 12.0 Å². The van der Waals surface area contributed by atoms with Crippen molar-refractivity contribution in [2.45, 2.75) is 26.7 Å². The molecule has 0 saturated carbocycles. The summed E-state index contributed by atoms with van der Waals surface area (Å²) in [6, 6.07) is 2.44. The largest absolute Gasteiger partial charge is 0.294 e. The van der Waals surface area contributed by atoms with E-state index in [9.17, 15) is 13.6 Å². The van der Waals surface area contributed by atoms with Gasteiger partial charge in [-0.15, -0.1) is 0 Å². The molecule has 0 aliphatic heterocycles. The zero-order valence-electron chi connectivity index (χ0n) is 9.69. The highest BCUT2D eigenvalue weighted by molar-refractivity contribution is 9.10. The van der Waals surface area contributed by atoms with Crippen molar-refractivity contribution in [1.29, 1.82) is 0 Å². The highest BCUT2D eigenvalue weighted by Gasteiger charge is 2.17. The normalized spacial score (nSPS) is 11.7. The van der Waals surface area contributed by atoms with Gasteiger partial charge in [0.15, 0.2) is 5.78 Å². The van der Waals surface area contributed by atoms with Gasteiger partial charge in [-0.3, -0.25) is 4.79 Å². The fraction of sp³-hybridized carbons (Fsp3) is 0.308. The Bertz CT molecular complexity index is 467. The van der Waals surface area contributed by atoms with E-state index in [2.05, 4.69) is 15.9 Å². The van der Waals surface area contributed by atoms with Gasteiger partial charge >= 0.3 is 0 Å². The smallest absolute Gasteiger partial charge is 0.163 e. The van der Waals surface area contributed by atoms with Crippen LogP contribution in [-0.2, 0) is 11.2 Å². The van der Waals surface area contributed by atoms with Crippen LogP contribution >= 0.6 is 15.9 Å². The Labute approximate surface area is 108 Å². The van der Waals surface area contributed by atoms with Gasteiger partial charge < -0.3 is 0 Å². The van der Waals surface area contributed by atoms with Crippen LogP contribution < -0.4 is 0 Å². The van der Waals surface area contributed by atoms with Crippen LogP contribution in [0.25, 0.3) is 0 Å². The van der Waals surface area contributed by atoms with Gasteiger partial charge in [0.1, 0.15) is 11.6 Å². The summed E-state index contributed by atoms with van der Waals surface area (Å²) in [5, 5.41) is 0. The summed E-state index contributed by atoms with van der Waals surface area (Å²) in [6.45, 7) is 3.57. The van der Waals surface area contributed by atoms with Crippen LogP contribution in [0.15, 0.2) is 28.3 Å². The minimum atomic E-state index is -0.704. The van der Waals surface area contributed by atoms with Crippen molar-refractivity contribution in [2.75, 3.05) is 0 Å². The number of hydrogen-bond acceptors (Lipinski definition) is 1. The number of rotatable bonds is 4. The van der Waals surface area contributed by atoms with E-state index in [1.54, 1.807) is 13.0 Å². The molecule has 1 aromatic carbocycles. The van der Waals surface area contributed by atoms with Crippen LogP contribution in [0, 0.1) is 11.6 Å². The molecule has 1 aromatic rings. The SMILES string of the molecule is C/C=C(/CC)C(=O)Cc1c(F)ccc(Br)c1F. The monoisotopic (exact) mass is 302 g/mol. The van der Waals surface area contributed by atoms with Crippen LogP contribution in [0.1, 0.15) is 25.8 Å². The molecule has 0 amide bonds. The average Bonchev–Trinajstić information content (AvgIpc) is 2.31. The van der Waals surface area contributed by atoms with Gasteiger partial charge in [0.05, 0.1) is 4.47 Å². The van der Waals surface area contributed by atoms with E-state index < -0.39 is 11.6 Å². The first kappa shape index (κ1) is 14.0. The molecule has 0 saturated heterocycles. The zero-order valence-corrected chi connectivity index (χ0v) is 11.3. The molecule has 1 rings (SSSR count). The van der Waals surface area contributed by atoms with E-state index in [4.69, 9.17) is 0 Å². The van der Waals surface area contributed by atoms with Crippen molar-refractivity contribution < 1.29 is 13.6 Å². The second kappa shape index (κ2) is 6.05. The molecule has 0 fully saturated rings. The molecular formula is C13H13BrF2O. The van der Waals surface area contributed by atoms with Crippen molar-refractivity contribution in [2.24, 2.45) is 0 Å². The van der Waals surface area contributed by atoms with E-state index in [-0.39, 0.29) is 22.2 Å². The van der Waals surface area contributed by atoms with Gasteiger partial charge in [0, 0.05) is 12.0 Å². The number of hydrogen-bond donors (Lipinski definition) is 0. The number of carbonyl (C=O) groups excluding carboxylic acids is 1. The maximum atomic E-state index is 13.6. The average molecular weight is 303 g/mol. The van der Waals surface area contributed by atoms with E-state index in [1.165, 1.54) is 6.07 Å². The molecule has 0 spiro atoms. The summed E-state index contributed by atoms with van der Waals surface area (Å²) in [5.41, 5.74) is 0.404. The predicted octanol–water partition coefficient (Wildman–Crippen LogP) is 4.20. The molecule has 0 bridgehead atoms. The third-order valence-corrected chi connectivity index (χ3v) is 3.18. The standard InChI is InChI=1S/C13H13BrF2O/c1-3-8(4-2)12(17)7-9-11(15)6-5-10(14)13(9)16/h3,5-6H,4,7H2,1-2H3/b8-3-. The maximum absolute atomic E-state index is 13.6. The van der Waals surface area contributed by atoms with E-state index in [1.807, 2.05) is 6.92 Å². The van der Waals surface area contributed by atoms with Crippen molar-refractivity contribution >= 4 is 21.7 Å². The fourth-order valence-electron chi connectivity index (χ4n) is 1.57. The van der Waals surface area contributed by atoms with Crippen molar-refractivity contribution in [3.8, 4) is 0 Å². The first-order valence-corrected chi connectivity index (χ1v) is 6.11. The van der Waals surface area contributed by atoms with Crippen molar-refractivity contribution in [3.63, 3.8) is 0 Å². The number of ketones is 1. The second-order valence-electron chi connectivity index (χ2n) is 3.59. The fourth-order valence-corrected chi connectivity index (χ4v) is 1.94. The Morgan fingerprint density at radius 1 is 1.41 bits per heavy atom. The lowest BCUT2D eigenvalue weighted by atomic mass is 10.0. The van der Waals surface area contributed by atoms with Crippen molar-refractivity contribution in [3.05, 3.63) is 45.5 Å². The molecule has 0 radical (unpaired) electrons. The molecule has 17 heavy (non-hydrogen) atoms. The summed E-state index contributed by atoms with van der Waals surface area (Å²) in [7, 11) is 0. The second-order valence-corrected chi connectivity index (χ2v) is 4.44. The number of halogens is 3. The van der Waals surface area contributed by atoms with Crippen LogP contribution in [0.5, 0.6) is 0 Å². The van der Waals surface area contributed by atoms with Crippen LogP contribution in [0.2, 0.25) is 0 Å². The Kier molecular flexibility index (Phi) is 5.00. The summed E-state index contributed by atoms with van der Waals surface area (Å²) in [4.78, 5) is 11.8. The quantitative estimate of drug-likeness (QED) is 0.602. The number of Topliss-reactive ketones (excluding diaryl/α,β-unsaturated/α-hetero) is 1. The lowest BCUT2D eigenvalue weighted by Crippen LogP contribution is -2.09. The van der Waals surface area contributed by atoms with E-state index in [0.717, 1.165) is 6.07 Å². The Balaban J connectivity index is 3.04. The molecular weight excluding hydrogens is 290 g/mol. The minimum Gasteiger partial charge on any atom is -0.294 e. The molecule has 0 heterocycles. The third-order valence-electron chi connectivity index (χ3n) is 2.56. The topological polar surface area (TPSA) is 17.1 Å². The molecule has 0 N–H and O–H groups in total. The molecule has 0 aliphatic rings. The summed E-state index contributed by atoms with van der Waals surface area (Å²) < 4.78 is 27.2. The molecule has 92 valence electrons. The molecule has 0 aliphatic carbocycles. The van der Waals surface area contributed by atoms with E-state index >= 15 is 0 Å². The first-order valence-electron chi connectivity index (χ1n) is 5.32.